The van der Waals surface area contributed by atoms with Gasteiger partial charge in [0.05, 0.1) is 0 Å². The summed E-state index contributed by atoms with van der Waals surface area (Å²) in [6, 6.07) is 4.45. The maximum absolute atomic E-state index is 2.22. The zero-order valence-electron chi connectivity index (χ0n) is 7.15. The van der Waals surface area contributed by atoms with Gasteiger partial charge in [-0.1, -0.05) is 28.5 Å². The predicted octanol–water partition coefficient (Wildman–Crippen LogP) is -5.28. The van der Waals surface area contributed by atoms with Crippen molar-refractivity contribution in [2.75, 3.05) is 0 Å². The number of hydrogen-bond acceptors (Lipinski definition) is 0. The third kappa shape index (κ3) is 1.31. The molecule has 0 nitrogen and oxygen atoms in total. The van der Waals surface area contributed by atoms with E-state index in [9.17, 15) is 0 Å². The molecule has 0 unspecified atom stereocenters. The predicted molar refractivity (Wildman–Crippen MR) is 59.2 cm³/mol. The molecule has 1 rings (SSSR count). The normalized spacial score (nSPS) is 9.60. The van der Waals surface area contributed by atoms with Crippen molar-refractivity contribution in [2.45, 2.75) is 0 Å². The van der Waals surface area contributed by atoms with Crippen molar-refractivity contribution in [3.63, 3.8) is 0 Å². The summed E-state index contributed by atoms with van der Waals surface area (Å²) < 4.78 is 0. The summed E-state index contributed by atoms with van der Waals surface area (Å²) in [5.41, 5.74) is 5.58. The van der Waals surface area contributed by atoms with E-state index in [1.54, 1.807) is 0 Å². The van der Waals surface area contributed by atoms with E-state index in [1.165, 1.54) is 21.9 Å². The molecule has 0 fully saturated rings. The molecule has 0 radical (unpaired) electrons. The fourth-order valence-electron chi connectivity index (χ4n) is 1.25. The highest BCUT2D eigenvalue weighted by Gasteiger charge is 1.95. The lowest BCUT2D eigenvalue weighted by Crippen LogP contribution is -2.41. The van der Waals surface area contributed by atoms with Crippen molar-refractivity contribution in [3.8, 4) is 0 Å². The Balaban J connectivity index is 3.31. The van der Waals surface area contributed by atoms with Gasteiger partial charge in [-0.05, 0) is 0 Å². The van der Waals surface area contributed by atoms with Crippen molar-refractivity contribution in [1.82, 2.24) is 0 Å². The molecule has 0 heterocycles. The molecule has 0 amide bonds. The summed E-state index contributed by atoms with van der Waals surface area (Å²) in [6.07, 6.45) is 0. The second-order valence-corrected chi connectivity index (χ2v) is 3.02. The molecule has 1 aromatic carbocycles. The Bertz CT molecular complexity index is 233. The van der Waals surface area contributed by atoms with Crippen LogP contribution in [-0.4, -0.2) is 31.4 Å². The summed E-state index contributed by atoms with van der Waals surface area (Å²) in [4.78, 5) is 0. The zero-order valence-corrected chi connectivity index (χ0v) is 7.15. The van der Waals surface area contributed by atoms with E-state index in [-0.39, 0.29) is 0 Å². The summed E-state index contributed by atoms with van der Waals surface area (Å²) >= 11 is 0. The Labute approximate surface area is 66.0 Å². The van der Waals surface area contributed by atoms with Crippen LogP contribution in [0.25, 0.3) is 0 Å². The van der Waals surface area contributed by atoms with Gasteiger partial charge in [0.1, 0.15) is 31.4 Å². The first-order chi connectivity index (χ1) is 4.61. The van der Waals surface area contributed by atoms with Gasteiger partial charge in [0, 0.05) is 0 Å². The van der Waals surface area contributed by atoms with Gasteiger partial charge in [-0.15, -0.1) is 5.46 Å². The highest BCUT2D eigenvalue weighted by atomic mass is 13.9. The molecule has 0 aromatic heterocycles. The highest BCUT2D eigenvalue weighted by Crippen LogP contribution is 1.66. The molecular weight excluding hydrogens is 115 g/mol. The monoisotopic (exact) mass is 126 g/mol. The van der Waals surface area contributed by atoms with E-state index >= 15 is 0 Å². The smallest absolute Gasteiger partial charge is 0.101 e. The first-order valence-corrected chi connectivity index (χ1v) is 3.65. The van der Waals surface area contributed by atoms with E-state index in [4.69, 9.17) is 0 Å². The maximum Gasteiger partial charge on any atom is 0.139 e. The average molecular weight is 125 g/mol. The quantitative estimate of drug-likeness (QED) is 0.304. The van der Waals surface area contributed by atoms with Crippen LogP contribution in [0.1, 0.15) is 0 Å². The Morgan fingerprint density at radius 2 is 1.20 bits per heavy atom. The van der Waals surface area contributed by atoms with Crippen LogP contribution in [-0.2, 0) is 0 Å². The largest absolute Gasteiger partial charge is 0.139 e. The lowest BCUT2D eigenvalue weighted by Gasteiger charge is -2.05. The van der Waals surface area contributed by atoms with Crippen molar-refractivity contribution >= 4 is 53.2 Å². The zero-order chi connectivity index (χ0) is 7.72. The summed E-state index contributed by atoms with van der Waals surface area (Å²) in [6.45, 7) is 0. The lowest BCUT2D eigenvalue weighted by molar-refractivity contribution is 1.98. The van der Waals surface area contributed by atoms with Gasteiger partial charge in [0.15, 0.2) is 0 Å². The molecule has 0 atom stereocenters. The molecule has 0 saturated carbocycles. The van der Waals surface area contributed by atoms with Gasteiger partial charge in [0.25, 0.3) is 0 Å². The van der Waals surface area contributed by atoms with E-state index in [1.807, 2.05) is 0 Å². The third-order valence-corrected chi connectivity index (χ3v) is 2.07. The molecule has 0 saturated heterocycles. The molecule has 0 aliphatic carbocycles. The standard InChI is InChI=1S/C6H10B4/c7-3-1-4(8)6(10)5(9)2-3/h1-2H,7-10H2. The molecule has 1 aromatic rings. The molecule has 0 N–H and O–H groups in total. The van der Waals surface area contributed by atoms with Crippen molar-refractivity contribution < 1.29 is 0 Å². The first kappa shape index (κ1) is 7.59. The molecule has 0 spiro atoms. The van der Waals surface area contributed by atoms with E-state index in [2.05, 4.69) is 43.5 Å². The molecular formula is C6H10B4. The van der Waals surface area contributed by atoms with Gasteiger partial charge >= 0.3 is 0 Å². The second-order valence-electron chi connectivity index (χ2n) is 3.02. The Morgan fingerprint density at radius 1 is 0.800 bits per heavy atom. The minimum absolute atomic E-state index is 1.36. The van der Waals surface area contributed by atoms with Crippen LogP contribution in [0.4, 0.5) is 0 Å². The number of rotatable bonds is 0. The average Bonchev–Trinajstić information content (AvgIpc) is 1.82. The van der Waals surface area contributed by atoms with Crippen molar-refractivity contribution in [3.05, 3.63) is 12.1 Å². The van der Waals surface area contributed by atoms with Crippen LogP contribution in [0.15, 0.2) is 12.1 Å². The molecule has 0 bridgehead atoms. The van der Waals surface area contributed by atoms with Crippen LogP contribution in [0, 0.1) is 0 Å². The van der Waals surface area contributed by atoms with Crippen LogP contribution >= 0.6 is 0 Å². The SMILES string of the molecule is Bc1cc(B)c(B)c(B)c1. The fourth-order valence-corrected chi connectivity index (χ4v) is 1.25. The molecule has 46 valence electrons. The summed E-state index contributed by atoms with van der Waals surface area (Å²) in [5, 5.41) is 0. The van der Waals surface area contributed by atoms with E-state index in [0.29, 0.717) is 0 Å². The summed E-state index contributed by atoms with van der Waals surface area (Å²) in [5.74, 6) is 0. The minimum Gasteiger partial charge on any atom is -0.101 e. The lowest BCUT2D eigenvalue weighted by atomic mass is 9.70. The van der Waals surface area contributed by atoms with Gasteiger partial charge in [0.2, 0.25) is 0 Å². The summed E-state index contributed by atoms with van der Waals surface area (Å²) in [7, 11) is 8.63. The van der Waals surface area contributed by atoms with Crippen molar-refractivity contribution in [2.24, 2.45) is 0 Å². The first-order valence-electron chi connectivity index (χ1n) is 3.65. The topological polar surface area (TPSA) is 0 Å². The van der Waals surface area contributed by atoms with Gasteiger partial charge in [-0.25, -0.2) is 0 Å². The van der Waals surface area contributed by atoms with Crippen molar-refractivity contribution in [1.29, 1.82) is 0 Å². The number of hydrogen-bond donors (Lipinski definition) is 0. The molecule has 0 aliphatic heterocycles. The van der Waals surface area contributed by atoms with Crippen LogP contribution in [0.2, 0.25) is 0 Å². The Hall–Kier alpha value is -0.520. The number of benzene rings is 1. The molecule has 4 heteroatoms. The molecule has 0 aliphatic rings. The van der Waals surface area contributed by atoms with Gasteiger partial charge < -0.3 is 0 Å². The Morgan fingerprint density at radius 3 is 1.60 bits per heavy atom. The maximum atomic E-state index is 2.22. The van der Waals surface area contributed by atoms with Gasteiger partial charge in [-0.2, -0.15) is 0 Å². The second kappa shape index (κ2) is 2.61. The molecule has 10 heavy (non-hydrogen) atoms. The van der Waals surface area contributed by atoms with Crippen LogP contribution < -0.4 is 21.9 Å². The van der Waals surface area contributed by atoms with Gasteiger partial charge in [-0.3, -0.25) is 0 Å². The third-order valence-electron chi connectivity index (χ3n) is 2.07. The minimum atomic E-state index is 1.36. The fraction of sp³-hybridized carbons (Fsp3) is 0. The van der Waals surface area contributed by atoms with Crippen LogP contribution in [0.3, 0.4) is 0 Å². The van der Waals surface area contributed by atoms with E-state index in [0.717, 1.165) is 0 Å². The Kier molecular flexibility index (Phi) is 1.98. The van der Waals surface area contributed by atoms with E-state index < -0.39 is 0 Å². The van der Waals surface area contributed by atoms with Crippen LogP contribution in [0.5, 0.6) is 0 Å². The highest BCUT2D eigenvalue weighted by molar-refractivity contribution is 6.58.